The van der Waals surface area contributed by atoms with Crippen molar-refractivity contribution in [3.05, 3.63) is 64.2 Å². The topological polar surface area (TPSA) is 56.1 Å². The van der Waals surface area contributed by atoms with Crippen LogP contribution in [0, 0.1) is 25.2 Å². The molecule has 0 spiro atoms. The molecule has 0 radical (unpaired) electrons. The summed E-state index contributed by atoms with van der Waals surface area (Å²) in [6, 6.07) is 13.9. The van der Waals surface area contributed by atoms with Gasteiger partial charge in [0.1, 0.15) is 11.6 Å². The van der Waals surface area contributed by atoms with E-state index in [2.05, 4.69) is 56.2 Å². The molecule has 1 atom stereocenters. The van der Waals surface area contributed by atoms with Gasteiger partial charge in [0, 0.05) is 24.0 Å². The number of nitrogens with one attached hydrogen (secondary N) is 1. The Labute approximate surface area is 173 Å². The molecule has 2 aromatic carbocycles. The Kier molecular flexibility index (Phi) is 5.53. The second-order valence-corrected chi connectivity index (χ2v) is 8.74. The number of nitriles is 1. The molecule has 0 bridgehead atoms. The Hall–Kier alpha value is -3.06. The third-order valence-electron chi connectivity index (χ3n) is 5.96. The fourth-order valence-corrected chi connectivity index (χ4v) is 4.12. The minimum Gasteiger partial charge on any atom is -0.369 e. The van der Waals surface area contributed by atoms with Gasteiger partial charge in [-0.15, -0.1) is 0 Å². The zero-order chi connectivity index (χ0) is 21.3. The first-order valence-electron chi connectivity index (χ1n) is 10.0. The van der Waals surface area contributed by atoms with Crippen molar-refractivity contribution < 1.29 is 4.79 Å². The van der Waals surface area contributed by atoms with Gasteiger partial charge in [-0.1, -0.05) is 19.1 Å². The summed E-state index contributed by atoms with van der Waals surface area (Å²) >= 11 is 0. The lowest BCUT2D eigenvalue weighted by atomic mass is 9.79. The number of carbonyl (C=O) groups excluding carboxylic acids is 1. The first-order valence-corrected chi connectivity index (χ1v) is 10.0. The molecule has 0 saturated carbocycles. The number of aryl methyl sites for hydroxylation is 2. The highest BCUT2D eigenvalue weighted by molar-refractivity contribution is 6.09. The zero-order valence-corrected chi connectivity index (χ0v) is 18.1. The van der Waals surface area contributed by atoms with Gasteiger partial charge in [-0.2, -0.15) is 5.26 Å². The van der Waals surface area contributed by atoms with Crippen LogP contribution in [-0.4, -0.2) is 18.5 Å². The standard InChI is InChI=1S/C25H29N3O/c1-16-8-7-9-21(10-16)27-24(29)20(15-26)12-19-13-22-18(3)14-25(4,5)28(6)23(22)11-17(19)2/h7-13,18H,14H2,1-6H3,(H,27,29)/b20-12+. The number of hydrogen-bond donors (Lipinski definition) is 1. The molecule has 3 rings (SSSR count). The molecule has 0 fully saturated rings. The van der Waals surface area contributed by atoms with Crippen LogP contribution in [-0.2, 0) is 4.79 Å². The lowest BCUT2D eigenvalue weighted by molar-refractivity contribution is -0.112. The summed E-state index contributed by atoms with van der Waals surface area (Å²) in [6.45, 7) is 10.8. The lowest BCUT2D eigenvalue weighted by Gasteiger charge is -2.45. The normalized spacial score (nSPS) is 18.0. The molecule has 1 N–H and O–H groups in total. The molecule has 0 aliphatic carbocycles. The molecule has 1 unspecified atom stereocenters. The molecule has 1 amide bonds. The molecule has 1 aliphatic rings. The summed E-state index contributed by atoms with van der Waals surface area (Å²) in [6.07, 6.45) is 2.76. The van der Waals surface area contributed by atoms with Crippen LogP contribution in [0.15, 0.2) is 42.0 Å². The van der Waals surface area contributed by atoms with Crippen LogP contribution in [0.5, 0.6) is 0 Å². The van der Waals surface area contributed by atoms with E-state index in [1.807, 2.05) is 38.1 Å². The van der Waals surface area contributed by atoms with Crippen LogP contribution >= 0.6 is 0 Å². The van der Waals surface area contributed by atoms with Gasteiger partial charge < -0.3 is 10.2 Å². The van der Waals surface area contributed by atoms with E-state index in [1.165, 1.54) is 11.3 Å². The maximum absolute atomic E-state index is 12.7. The van der Waals surface area contributed by atoms with Gasteiger partial charge in [0.2, 0.25) is 0 Å². The lowest BCUT2D eigenvalue weighted by Crippen LogP contribution is -2.45. The largest absolute Gasteiger partial charge is 0.369 e. The Morgan fingerprint density at radius 3 is 2.66 bits per heavy atom. The van der Waals surface area contributed by atoms with Crippen LogP contribution in [0.4, 0.5) is 11.4 Å². The molecule has 4 nitrogen and oxygen atoms in total. The number of carbonyl (C=O) groups is 1. The van der Waals surface area contributed by atoms with Crippen molar-refractivity contribution >= 4 is 23.4 Å². The number of anilines is 2. The van der Waals surface area contributed by atoms with E-state index in [0.29, 0.717) is 11.6 Å². The third kappa shape index (κ3) is 4.19. The fourth-order valence-electron chi connectivity index (χ4n) is 4.12. The van der Waals surface area contributed by atoms with Gasteiger partial charge in [0.15, 0.2) is 0 Å². The predicted molar refractivity (Wildman–Crippen MR) is 120 cm³/mol. The van der Waals surface area contributed by atoms with Gasteiger partial charge in [-0.3, -0.25) is 4.79 Å². The van der Waals surface area contributed by atoms with E-state index < -0.39 is 0 Å². The van der Waals surface area contributed by atoms with Crippen molar-refractivity contribution in [1.29, 1.82) is 5.26 Å². The first kappa shape index (κ1) is 20.7. The number of nitrogens with zero attached hydrogens (tertiary/aromatic N) is 2. The smallest absolute Gasteiger partial charge is 0.266 e. The molecular formula is C25H29N3O. The summed E-state index contributed by atoms with van der Waals surface area (Å²) in [4.78, 5) is 15.0. The molecule has 0 aromatic heterocycles. The molecule has 29 heavy (non-hydrogen) atoms. The van der Waals surface area contributed by atoms with Gasteiger partial charge >= 0.3 is 0 Å². The van der Waals surface area contributed by atoms with E-state index in [-0.39, 0.29) is 17.0 Å². The van der Waals surface area contributed by atoms with Gasteiger partial charge in [0.05, 0.1) is 0 Å². The van der Waals surface area contributed by atoms with Crippen LogP contribution in [0.2, 0.25) is 0 Å². The number of rotatable bonds is 3. The highest BCUT2D eigenvalue weighted by Gasteiger charge is 2.34. The SMILES string of the molecule is Cc1cccc(NC(=O)/C(C#N)=C/c2cc3c(cc2C)N(C)C(C)(C)CC3C)c1. The fraction of sp³-hybridized carbons (Fsp3) is 0.360. The summed E-state index contributed by atoms with van der Waals surface area (Å²) in [5.41, 5.74) is 6.41. The van der Waals surface area contributed by atoms with Crippen LogP contribution in [0.3, 0.4) is 0 Å². The minimum atomic E-state index is -0.387. The van der Waals surface area contributed by atoms with Crippen molar-refractivity contribution in [2.75, 3.05) is 17.3 Å². The molecule has 2 aromatic rings. The average Bonchev–Trinajstić information content (AvgIpc) is 2.64. The summed E-state index contributed by atoms with van der Waals surface area (Å²) in [5, 5.41) is 12.4. The Bertz CT molecular complexity index is 1030. The Morgan fingerprint density at radius 2 is 2.00 bits per heavy atom. The van der Waals surface area contributed by atoms with Gasteiger partial charge in [-0.05, 0) is 92.6 Å². The number of benzene rings is 2. The van der Waals surface area contributed by atoms with Crippen molar-refractivity contribution in [3.63, 3.8) is 0 Å². The molecule has 0 saturated heterocycles. The number of amides is 1. The zero-order valence-electron chi connectivity index (χ0n) is 18.1. The molecular weight excluding hydrogens is 358 g/mol. The van der Waals surface area contributed by atoms with Crippen molar-refractivity contribution in [1.82, 2.24) is 0 Å². The maximum atomic E-state index is 12.7. The molecule has 150 valence electrons. The highest BCUT2D eigenvalue weighted by atomic mass is 16.1. The minimum absolute atomic E-state index is 0.0989. The quantitative estimate of drug-likeness (QED) is 0.553. The monoisotopic (exact) mass is 387 g/mol. The Morgan fingerprint density at radius 1 is 1.28 bits per heavy atom. The van der Waals surface area contributed by atoms with Crippen molar-refractivity contribution in [2.45, 2.75) is 52.5 Å². The molecule has 4 heteroatoms. The van der Waals surface area contributed by atoms with Crippen molar-refractivity contribution in [3.8, 4) is 6.07 Å². The number of hydrogen-bond acceptors (Lipinski definition) is 3. The average molecular weight is 388 g/mol. The van der Waals surface area contributed by atoms with E-state index in [9.17, 15) is 10.1 Å². The van der Waals surface area contributed by atoms with E-state index in [0.717, 1.165) is 23.1 Å². The second kappa shape index (κ2) is 7.75. The Balaban J connectivity index is 1.95. The molecule has 1 heterocycles. The van der Waals surface area contributed by atoms with Crippen LogP contribution in [0.1, 0.15) is 55.4 Å². The van der Waals surface area contributed by atoms with Crippen LogP contribution in [0.25, 0.3) is 6.08 Å². The third-order valence-corrected chi connectivity index (χ3v) is 5.96. The molecule has 1 aliphatic heterocycles. The first-order chi connectivity index (χ1) is 13.6. The van der Waals surface area contributed by atoms with Gasteiger partial charge in [-0.25, -0.2) is 0 Å². The van der Waals surface area contributed by atoms with Crippen molar-refractivity contribution in [2.24, 2.45) is 0 Å². The van der Waals surface area contributed by atoms with Crippen LogP contribution < -0.4 is 10.2 Å². The second-order valence-electron chi connectivity index (χ2n) is 8.74. The summed E-state index contributed by atoms with van der Waals surface area (Å²) in [5.74, 6) is 0.0251. The summed E-state index contributed by atoms with van der Waals surface area (Å²) in [7, 11) is 2.13. The van der Waals surface area contributed by atoms with E-state index in [1.54, 1.807) is 6.08 Å². The van der Waals surface area contributed by atoms with E-state index in [4.69, 9.17) is 0 Å². The predicted octanol–water partition coefficient (Wildman–Crippen LogP) is 5.57. The summed E-state index contributed by atoms with van der Waals surface area (Å²) < 4.78 is 0. The highest BCUT2D eigenvalue weighted by Crippen LogP contribution is 2.43. The number of fused-ring (bicyclic) bond motifs is 1. The van der Waals surface area contributed by atoms with Gasteiger partial charge in [0.25, 0.3) is 5.91 Å². The maximum Gasteiger partial charge on any atom is 0.266 e. The van der Waals surface area contributed by atoms with E-state index >= 15 is 0 Å².